The number of rotatable bonds is 1. The largest absolute Gasteiger partial charge is 0.392 e. The SMILES string of the molecule is CC(=O)[C@H]1[C@H](O)C[C@@]2(C)[C@H]3CC[C@H]4[C@]5(C)COCN(C)[C@H]5CC[C@@]45C[C@@]35CC[C@]12C. The Morgan fingerprint density at radius 2 is 1.70 bits per heavy atom. The summed E-state index contributed by atoms with van der Waals surface area (Å²) in [5.41, 5.74) is 1.28. The van der Waals surface area contributed by atoms with E-state index in [2.05, 4.69) is 32.7 Å². The van der Waals surface area contributed by atoms with Crippen molar-refractivity contribution in [2.24, 2.45) is 44.8 Å². The summed E-state index contributed by atoms with van der Waals surface area (Å²) < 4.78 is 6.12. The van der Waals surface area contributed by atoms with Gasteiger partial charge in [0.15, 0.2) is 0 Å². The molecular weight excluding hydrogens is 374 g/mol. The second kappa shape index (κ2) is 5.72. The first-order valence-electron chi connectivity index (χ1n) is 12.5. The van der Waals surface area contributed by atoms with Crippen LogP contribution in [0.4, 0.5) is 0 Å². The van der Waals surface area contributed by atoms with Gasteiger partial charge in [-0.2, -0.15) is 0 Å². The van der Waals surface area contributed by atoms with Crippen LogP contribution in [0.3, 0.4) is 0 Å². The maximum Gasteiger partial charge on any atom is 0.136 e. The molecule has 10 atom stereocenters. The van der Waals surface area contributed by atoms with Gasteiger partial charge in [0.1, 0.15) is 5.78 Å². The van der Waals surface area contributed by atoms with Crippen LogP contribution in [0, 0.1) is 44.8 Å². The Labute approximate surface area is 182 Å². The minimum Gasteiger partial charge on any atom is -0.392 e. The molecule has 30 heavy (non-hydrogen) atoms. The van der Waals surface area contributed by atoms with Crippen LogP contribution < -0.4 is 0 Å². The number of aliphatic hydroxyl groups excluding tert-OH is 1. The van der Waals surface area contributed by atoms with Crippen molar-refractivity contribution in [1.29, 1.82) is 0 Å². The molecule has 0 unspecified atom stereocenters. The number of carbonyl (C=O) groups is 1. The van der Waals surface area contributed by atoms with E-state index < -0.39 is 6.10 Å². The first-order valence-corrected chi connectivity index (χ1v) is 12.5. The van der Waals surface area contributed by atoms with Crippen molar-refractivity contribution < 1.29 is 14.6 Å². The topological polar surface area (TPSA) is 49.8 Å². The fraction of sp³-hybridized carbons (Fsp3) is 0.962. The number of hydrogen-bond donors (Lipinski definition) is 1. The predicted molar refractivity (Wildman–Crippen MR) is 116 cm³/mol. The van der Waals surface area contributed by atoms with Crippen molar-refractivity contribution in [2.45, 2.75) is 91.2 Å². The molecule has 0 aromatic carbocycles. The molecule has 6 rings (SSSR count). The Morgan fingerprint density at radius 1 is 1.00 bits per heavy atom. The normalized spacial score (nSPS) is 61.9. The van der Waals surface area contributed by atoms with Gasteiger partial charge in [0.25, 0.3) is 0 Å². The lowest BCUT2D eigenvalue weighted by atomic mass is 9.41. The van der Waals surface area contributed by atoms with Crippen molar-refractivity contribution >= 4 is 5.78 Å². The standard InChI is InChI=1S/C26H41NO3/c1-16(28)21-17(29)12-24(4)19-7-6-18-22(2)14-30-15-27(5)20(22)8-9-25(18)13-26(19,25)11-10-23(21,24)3/h17-21,29H,6-15H2,1-5H3/t17-,18+,19-,20+,21+,22+,23-,24+,25-,26+/m1/s1. The molecule has 1 aliphatic heterocycles. The Kier molecular flexibility index (Phi) is 3.85. The third kappa shape index (κ3) is 1.96. The third-order valence-electron chi connectivity index (χ3n) is 12.5. The van der Waals surface area contributed by atoms with E-state index in [0.29, 0.717) is 22.8 Å². The van der Waals surface area contributed by atoms with Crippen molar-refractivity contribution in [1.82, 2.24) is 4.90 Å². The summed E-state index contributed by atoms with van der Waals surface area (Å²) in [6, 6.07) is 0.663. The van der Waals surface area contributed by atoms with E-state index in [0.717, 1.165) is 32.1 Å². The fourth-order valence-corrected chi connectivity index (χ4v) is 11.4. The molecule has 0 radical (unpaired) electrons. The summed E-state index contributed by atoms with van der Waals surface area (Å²) in [4.78, 5) is 15.1. The zero-order valence-corrected chi connectivity index (χ0v) is 19.7. The number of ketones is 1. The summed E-state index contributed by atoms with van der Waals surface area (Å²) in [7, 11) is 2.25. The van der Waals surface area contributed by atoms with Crippen LogP contribution in [-0.2, 0) is 9.53 Å². The van der Waals surface area contributed by atoms with Crippen LogP contribution in [0.1, 0.15) is 79.1 Å². The van der Waals surface area contributed by atoms with Gasteiger partial charge in [-0.25, -0.2) is 0 Å². The van der Waals surface area contributed by atoms with Gasteiger partial charge >= 0.3 is 0 Å². The van der Waals surface area contributed by atoms with Gasteiger partial charge in [-0.1, -0.05) is 20.8 Å². The Morgan fingerprint density at radius 3 is 2.43 bits per heavy atom. The summed E-state index contributed by atoms with van der Waals surface area (Å²) >= 11 is 0. The second-order valence-electron chi connectivity index (χ2n) is 13.2. The highest BCUT2D eigenvalue weighted by Crippen LogP contribution is 2.89. The fourth-order valence-electron chi connectivity index (χ4n) is 11.4. The molecule has 0 amide bonds. The van der Waals surface area contributed by atoms with Crippen molar-refractivity contribution in [2.75, 3.05) is 20.4 Å². The molecule has 5 aliphatic carbocycles. The van der Waals surface area contributed by atoms with E-state index in [1.165, 1.54) is 38.5 Å². The van der Waals surface area contributed by atoms with E-state index in [1.807, 2.05) is 0 Å². The van der Waals surface area contributed by atoms with Crippen LogP contribution in [0.5, 0.6) is 0 Å². The molecule has 0 aromatic heterocycles. The van der Waals surface area contributed by atoms with E-state index in [-0.39, 0.29) is 27.9 Å². The van der Waals surface area contributed by atoms with Gasteiger partial charge in [-0.3, -0.25) is 9.69 Å². The zero-order valence-electron chi connectivity index (χ0n) is 19.7. The molecule has 1 saturated heterocycles. The molecular formula is C26H41NO3. The molecule has 0 bridgehead atoms. The lowest BCUT2D eigenvalue weighted by Gasteiger charge is -2.64. The van der Waals surface area contributed by atoms with E-state index in [4.69, 9.17) is 4.74 Å². The highest BCUT2D eigenvalue weighted by molar-refractivity contribution is 5.80. The monoisotopic (exact) mass is 415 g/mol. The molecule has 1 heterocycles. The summed E-state index contributed by atoms with van der Waals surface area (Å²) in [5, 5.41) is 11.0. The van der Waals surface area contributed by atoms with Crippen molar-refractivity contribution in [3.63, 3.8) is 0 Å². The van der Waals surface area contributed by atoms with E-state index in [9.17, 15) is 9.90 Å². The Hall–Kier alpha value is -0.450. The van der Waals surface area contributed by atoms with Crippen LogP contribution >= 0.6 is 0 Å². The minimum atomic E-state index is -0.450. The van der Waals surface area contributed by atoms with Crippen molar-refractivity contribution in [3.05, 3.63) is 0 Å². The summed E-state index contributed by atoms with van der Waals surface area (Å²) in [6.45, 7) is 10.8. The molecule has 1 N–H and O–H groups in total. The summed E-state index contributed by atoms with van der Waals surface area (Å²) in [5.74, 6) is 1.48. The number of hydrogen-bond acceptors (Lipinski definition) is 4. The van der Waals surface area contributed by atoms with E-state index in [1.54, 1.807) is 6.92 Å². The molecule has 5 saturated carbocycles. The van der Waals surface area contributed by atoms with Gasteiger partial charge < -0.3 is 9.84 Å². The maximum absolute atomic E-state index is 12.6. The molecule has 6 fully saturated rings. The number of nitrogens with zero attached hydrogens (tertiary/aromatic N) is 1. The molecule has 4 nitrogen and oxygen atoms in total. The smallest absolute Gasteiger partial charge is 0.136 e. The minimum absolute atomic E-state index is 0.0416. The Balaban J connectivity index is 1.39. The van der Waals surface area contributed by atoms with Gasteiger partial charge in [-0.15, -0.1) is 0 Å². The molecule has 168 valence electrons. The van der Waals surface area contributed by atoms with Crippen LogP contribution in [-0.4, -0.2) is 48.3 Å². The van der Waals surface area contributed by atoms with Crippen LogP contribution in [0.25, 0.3) is 0 Å². The lowest BCUT2D eigenvalue weighted by Crippen LogP contribution is -2.63. The predicted octanol–water partition coefficient (Wildman–Crippen LogP) is 4.25. The van der Waals surface area contributed by atoms with Gasteiger partial charge in [0.2, 0.25) is 0 Å². The quantitative estimate of drug-likeness (QED) is 0.695. The average molecular weight is 416 g/mol. The first-order chi connectivity index (χ1) is 14.1. The van der Waals surface area contributed by atoms with Crippen molar-refractivity contribution in [3.8, 4) is 0 Å². The maximum atomic E-state index is 12.6. The van der Waals surface area contributed by atoms with Gasteiger partial charge in [0, 0.05) is 17.4 Å². The van der Waals surface area contributed by atoms with Gasteiger partial charge in [-0.05, 0) is 98.8 Å². The lowest BCUT2D eigenvalue weighted by molar-refractivity contribution is -0.202. The van der Waals surface area contributed by atoms with Crippen LogP contribution in [0.15, 0.2) is 0 Å². The highest BCUT2D eigenvalue weighted by atomic mass is 16.5. The Bertz CT molecular complexity index is 799. The second-order valence-corrected chi connectivity index (χ2v) is 13.2. The van der Waals surface area contributed by atoms with Gasteiger partial charge in [0.05, 0.1) is 19.4 Å². The summed E-state index contributed by atoms with van der Waals surface area (Å²) in [6.07, 6.45) is 9.44. The third-order valence-corrected chi connectivity index (χ3v) is 12.5. The molecule has 2 spiro atoms. The van der Waals surface area contributed by atoms with E-state index >= 15 is 0 Å². The first kappa shape index (κ1) is 20.2. The molecule has 0 aromatic rings. The molecule has 6 aliphatic rings. The number of aliphatic hydroxyl groups is 1. The molecule has 4 heteroatoms. The number of ether oxygens (including phenoxy) is 1. The average Bonchev–Trinajstić information content (AvgIpc) is 3.26. The zero-order chi connectivity index (χ0) is 21.3. The number of carbonyl (C=O) groups excluding carboxylic acids is 1. The highest BCUT2D eigenvalue weighted by Gasteiger charge is 2.83. The van der Waals surface area contributed by atoms with Crippen LogP contribution in [0.2, 0.25) is 0 Å². The number of Topliss-reactive ketones (excluding diaryl/α,β-unsaturated/α-hetero) is 1. The number of fused-ring (bicyclic) bond motifs is 4.